The Labute approximate surface area is 181 Å². The number of hydrogen-bond donors (Lipinski definition) is 1. The number of benzene rings is 1. The van der Waals surface area contributed by atoms with E-state index >= 15 is 0 Å². The van der Waals surface area contributed by atoms with Gasteiger partial charge in [0.05, 0.1) is 11.2 Å². The molecule has 8 heteroatoms. The average molecular weight is 421 g/mol. The predicted molar refractivity (Wildman–Crippen MR) is 119 cm³/mol. The van der Waals surface area contributed by atoms with Crippen molar-refractivity contribution in [3.05, 3.63) is 48.0 Å². The molecule has 0 atom stereocenters. The van der Waals surface area contributed by atoms with Crippen molar-refractivity contribution in [1.82, 2.24) is 19.4 Å². The summed E-state index contributed by atoms with van der Waals surface area (Å²) in [5.74, 6) is 1.59. The van der Waals surface area contributed by atoms with Crippen molar-refractivity contribution in [2.45, 2.75) is 38.5 Å². The van der Waals surface area contributed by atoms with Gasteiger partial charge < -0.3 is 24.8 Å². The third-order valence-corrected chi connectivity index (χ3v) is 6.31. The lowest BCUT2D eigenvalue weighted by molar-refractivity contribution is -0.118. The van der Waals surface area contributed by atoms with Crippen LogP contribution in [0.1, 0.15) is 24.1 Å². The van der Waals surface area contributed by atoms with Crippen molar-refractivity contribution in [1.29, 1.82) is 0 Å². The van der Waals surface area contributed by atoms with E-state index in [1.165, 1.54) is 11.3 Å². The lowest BCUT2D eigenvalue weighted by Gasteiger charge is -2.35. The van der Waals surface area contributed by atoms with Crippen molar-refractivity contribution < 1.29 is 9.53 Å². The molecular weight excluding hydrogens is 392 g/mol. The predicted octanol–water partition coefficient (Wildman–Crippen LogP) is 1.95. The number of carbonyl (C=O) groups is 1. The number of carbonyl (C=O) groups excluding carboxylic acids is 1. The Morgan fingerprint density at radius 1 is 1.19 bits per heavy atom. The SMILES string of the molecule is CN1CCc2ncnc(N3CCC(Oc4cccc5c4ccn5CC(N)=O)CC3)c2C1. The topological polar surface area (TPSA) is 89.5 Å². The van der Waals surface area contributed by atoms with Gasteiger partial charge in [-0.15, -0.1) is 0 Å². The summed E-state index contributed by atoms with van der Waals surface area (Å²) in [6.07, 6.45) is 6.61. The zero-order valence-electron chi connectivity index (χ0n) is 17.8. The van der Waals surface area contributed by atoms with Gasteiger partial charge in [-0.1, -0.05) is 6.07 Å². The van der Waals surface area contributed by atoms with E-state index in [0.29, 0.717) is 0 Å². The van der Waals surface area contributed by atoms with Gasteiger partial charge in [0.15, 0.2) is 0 Å². The Morgan fingerprint density at radius 3 is 2.84 bits per heavy atom. The summed E-state index contributed by atoms with van der Waals surface area (Å²) >= 11 is 0. The summed E-state index contributed by atoms with van der Waals surface area (Å²) in [4.78, 5) is 25.2. The minimum atomic E-state index is -0.353. The fourth-order valence-electron chi connectivity index (χ4n) is 4.70. The Balaban J connectivity index is 1.28. The summed E-state index contributed by atoms with van der Waals surface area (Å²) < 4.78 is 8.27. The van der Waals surface area contributed by atoms with Gasteiger partial charge in [0.25, 0.3) is 0 Å². The first-order valence-electron chi connectivity index (χ1n) is 10.9. The van der Waals surface area contributed by atoms with Gasteiger partial charge >= 0.3 is 0 Å². The molecule has 0 saturated carbocycles. The van der Waals surface area contributed by atoms with Crippen LogP contribution < -0.4 is 15.4 Å². The highest BCUT2D eigenvalue weighted by molar-refractivity contribution is 5.88. The van der Waals surface area contributed by atoms with E-state index in [1.807, 2.05) is 35.0 Å². The molecule has 1 aromatic carbocycles. The normalized spacial score (nSPS) is 17.6. The van der Waals surface area contributed by atoms with Crippen LogP contribution in [0.4, 0.5) is 5.82 Å². The molecule has 4 heterocycles. The minimum Gasteiger partial charge on any atom is -0.490 e. The quantitative estimate of drug-likeness (QED) is 0.679. The first-order chi connectivity index (χ1) is 15.1. The van der Waals surface area contributed by atoms with E-state index in [2.05, 4.69) is 26.8 Å². The van der Waals surface area contributed by atoms with Gasteiger partial charge in [0, 0.05) is 62.6 Å². The molecule has 2 aliphatic heterocycles. The second kappa shape index (κ2) is 8.19. The molecule has 162 valence electrons. The largest absolute Gasteiger partial charge is 0.490 e. The molecule has 1 saturated heterocycles. The van der Waals surface area contributed by atoms with E-state index < -0.39 is 0 Å². The number of likely N-dealkylation sites (N-methyl/N-ethyl adjacent to an activating group) is 1. The average Bonchev–Trinajstić information content (AvgIpc) is 3.17. The molecule has 0 bridgehead atoms. The molecule has 2 aromatic heterocycles. The van der Waals surface area contributed by atoms with Crippen molar-refractivity contribution >= 4 is 22.6 Å². The van der Waals surface area contributed by atoms with Gasteiger partial charge in [-0.05, 0) is 25.2 Å². The number of nitrogens with zero attached hydrogens (tertiary/aromatic N) is 5. The molecule has 0 unspecified atom stereocenters. The summed E-state index contributed by atoms with van der Waals surface area (Å²) in [5, 5.41) is 1.01. The van der Waals surface area contributed by atoms with Crippen LogP contribution in [0.2, 0.25) is 0 Å². The molecule has 2 N–H and O–H groups in total. The van der Waals surface area contributed by atoms with Crippen LogP contribution in [0.3, 0.4) is 0 Å². The third kappa shape index (κ3) is 3.95. The molecule has 0 radical (unpaired) electrons. The van der Waals surface area contributed by atoms with E-state index in [0.717, 1.165) is 67.9 Å². The highest BCUT2D eigenvalue weighted by Gasteiger charge is 2.27. The number of hydrogen-bond acceptors (Lipinski definition) is 6. The summed E-state index contributed by atoms with van der Waals surface area (Å²) in [5.41, 5.74) is 8.79. The highest BCUT2D eigenvalue weighted by Crippen LogP contribution is 2.31. The maximum atomic E-state index is 11.3. The Hall–Kier alpha value is -3.13. The molecule has 31 heavy (non-hydrogen) atoms. The van der Waals surface area contributed by atoms with Crippen LogP contribution >= 0.6 is 0 Å². The van der Waals surface area contributed by atoms with Crippen molar-refractivity contribution in [3.63, 3.8) is 0 Å². The second-order valence-corrected chi connectivity index (χ2v) is 8.51. The number of rotatable bonds is 5. The van der Waals surface area contributed by atoms with Gasteiger partial charge in [-0.3, -0.25) is 4.79 Å². The lowest BCUT2D eigenvalue weighted by atomic mass is 10.0. The van der Waals surface area contributed by atoms with Crippen molar-refractivity contribution in [3.8, 4) is 5.75 Å². The molecule has 2 aliphatic rings. The molecular formula is C23H28N6O2. The van der Waals surface area contributed by atoms with Crippen LogP contribution in [-0.4, -0.2) is 58.1 Å². The second-order valence-electron chi connectivity index (χ2n) is 8.51. The number of amides is 1. The number of piperidine rings is 1. The zero-order chi connectivity index (χ0) is 21.4. The molecule has 3 aromatic rings. The van der Waals surface area contributed by atoms with E-state index in [9.17, 15) is 4.79 Å². The molecule has 0 spiro atoms. The van der Waals surface area contributed by atoms with E-state index in [4.69, 9.17) is 10.5 Å². The molecule has 8 nitrogen and oxygen atoms in total. The number of nitrogens with two attached hydrogens (primary N) is 1. The van der Waals surface area contributed by atoms with Gasteiger partial charge in [0.2, 0.25) is 5.91 Å². The fourth-order valence-corrected chi connectivity index (χ4v) is 4.70. The zero-order valence-corrected chi connectivity index (χ0v) is 17.8. The lowest BCUT2D eigenvalue weighted by Crippen LogP contribution is -2.40. The number of primary amides is 1. The van der Waals surface area contributed by atoms with Crippen LogP contribution in [0.15, 0.2) is 36.8 Å². The maximum Gasteiger partial charge on any atom is 0.237 e. The highest BCUT2D eigenvalue weighted by atomic mass is 16.5. The van der Waals surface area contributed by atoms with E-state index in [-0.39, 0.29) is 18.6 Å². The van der Waals surface area contributed by atoms with Crippen molar-refractivity contribution in [2.24, 2.45) is 5.73 Å². The molecule has 1 fully saturated rings. The standard InChI is InChI=1S/C23H28N6O2/c1-27-9-8-19-18(13-27)23(26-15-25-19)28-10-5-16(6-11-28)31-21-4-2-3-20-17(21)7-12-29(20)14-22(24)30/h2-4,7,12,15-16H,5-6,8-11,13-14H2,1H3,(H2,24,30). The molecule has 1 amide bonds. The fraction of sp³-hybridized carbons (Fsp3) is 0.435. The number of fused-ring (bicyclic) bond motifs is 2. The van der Waals surface area contributed by atoms with Crippen molar-refractivity contribution in [2.75, 3.05) is 31.6 Å². The van der Waals surface area contributed by atoms with Gasteiger partial charge in [0.1, 0.15) is 30.5 Å². The Morgan fingerprint density at radius 2 is 2.03 bits per heavy atom. The van der Waals surface area contributed by atoms with Crippen LogP contribution in [0, 0.1) is 0 Å². The van der Waals surface area contributed by atoms with Gasteiger partial charge in [-0.2, -0.15) is 0 Å². The minimum absolute atomic E-state index is 0.154. The summed E-state index contributed by atoms with van der Waals surface area (Å²) in [6, 6.07) is 7.95. The molecule has 0 aliphatic carbocycles. The number of anilines is 1. The van der Waals surface area contributed by atoms with Crippen LogP contribution in [0.5, 0.6) is 5.75 Å². The Kier molecular flexibility index (Phi) is 5.23. The monoisotopic (exact) mass is 420 g/mol. The smallest absolute Gasteiger partial charge is 0.237 e. The summed E-state index contributed by atoms with van der Waals surface area (Å²) in [7, 11) is 2.15. The maximum absolute atomic E-state index is 11.3. The molecule has 5 rings (SSSR count). The Bertz CT molecular complexity index is 1100. The number of ether oxygens (including phenoxy) is 1. The van der Waals surface area contributed by atoms with Crippen LogP contribution in [-0.2, 0) is 24.3 Å². The van der Waals surface area contributed by atoms with Gasteiger partial charge in [-0.25, -0.2) is 9.97 Å². The van der Waals surface area contributed by atoms with Crippen LogP contribution in [0.25, 0.3) is 10.9 Å². The number of aromatic nitrogens is 3. The van der Waals surface area contributed by atoms with E-state index in [1.54, 1.807) is 6.33 Å². The first-order valence-corrected chi connectivity index (χ1v) is 10.9. The summed E-state index contributed by atoms with van der Waals surface area (Å²) in [6.45, 7) is 3.95. The first kappa shape index (κ1) is 19.8. The third-order valence-electron chi connectivity index (χ3n) is 6.31.